The van der Waals surface area contributed by atoms with Crippen molar-refractivity contribution in [3.8, 4) is 0 Å². The third-order valence-electron chi connectivity index (χ3n) is 3.34. The maximum Gasteiger partial charge on any atom is 0.319 e. The molecule has 1 rings (SSSR count). The molecule has 0 saturated carbocycles. The predicted octanol–water partition coefficient (Wildman–Crippen LogP) is 1.79. The second-order valence-electron chi connectivity index (χ2n) is 5.10. The van der Waals surface area contributed by atoms with Crippen molar-refractivity contribution in [2.45, 2.75) is 32.9 Å². The van der Waals surface area contributed by atoms with Gasteiger partial charge in [-0.3, -0.25) is 14.5 Å². The highest BCUT2D eigenvalue weighted by Gasteiger charge is 2.17. The molecule has 5 nitrogen and oxygen atoms in total. The molecule has 1 aromatic rings. The highest BCUT2D eigenvalue weighted by molar-refractivity contribution is 5.73. The van der Waals surface area contributed by atoms with E-state index < -0.39 is 0 Å². The monoisotopic (exact) mass is 293 g/mol. The lowest BCUT2D eigenvalue weighted by atomic mass is 10.0. The smallest absolute Gasteiger partial charge is 0.319 e. The fraction of sp³-hybridized carbons (Fsp3) is 0.500. The highest BCUT2D eigenvalue weighted by atomic mass is 16.5. The van der Waals surface area contributed by atoms with Crippen LogP contribution in [-0.2, 0) is 32.0 Å². The van der Waals surface area contributed by atoms with Gasteiger partial charge in [-0.2, -0.15) is 0 Å². The molecule has 5 heteroatoms. The van der Waals surface area contributed by atoms with Gasteiger partial charge in [-0.15, -0.1) is 0 Å². The molecule has 21 heavy (non-hydrogen) atoms. The minimum atomic E-state index is -0.272. The van der Waals surface area contributed by atoms with E-state index in [1.807, 2.05) is 43.0 Å². The molecule has 0 heterocycles. The van der Waals surface area contributed by atoms with Gasteiger partial charge >= 0.3 is 11.9 Å². The van der Waals surface area contributed by atoms with Gasteiger partial charge in [0.2, 0.25) is 0 Å². The summed E-state index contributed by atoms with van der Waals surface area (Å²) in [5, 5.41) is 0. The summed E-state index contributed by atoms with van der Waals surface area (Å²) in [7, 11) is 2.76. The molecule has 0 bridgehead atoms. The molecule has 0 fully saturated rings. The summed E-state index contributed by atoms with van der Waals surface area (Å²) in [6.07, 6.45) is 0.233. The fourth-order valence-corrected chi connectivity index (χ4v) is 1.98. The Kier molecular flexibility index (Phi) is 6.88. The van der Waals surface area contributed by atoms with E-state index in [9.17, 15) is 9.59 Å². The SMILES string of the molecule is COC(=O)Cc1ccccc1CN(CC(=O)OC)C(C)C. The van der Waals surface area contributed by atoms with Crippen LogP contribution in [0, 0.1) is 0 Å². The molecular weight excluding hydrogens is 270 g/mol. The predicted molar refractivity (Wildman–Crippen MR) is 79.7 cm³/mol. The van der Waals surface area contributed by atoms with Crippen LogP contribution < -0.4 is 0 Å². The summed E-state index contributed by atoms with van der Waals surface area (Å²) >= 11 is 0. The summed E-state index contributed by atoms with van der Waals surface area (Å²) in [6, 6.07) is 7.87. The highest BCUT2D eigenvalue weighted by Crippen LogP contribution is 2.15. The number of esters is 2. The molecular formula is C16H23NO4. The number of rotatable bonds is 7. The van der Waals surface area contributed by atoms with Crippen molar-refractivity contribution in [1.82, 2.24) is 4.90 Å². The summed E-state index contributed by atoms with van der Waals surface area (Å²) in [5.41, 5.74) is 1.93. The number of carbonyl (C=O) groups excluding carboxylic acids is 2. The van der Waals surface area contributed by atoms with E-state index in [0.29, 0.717) is 6.54 Å². The third-order valence-corrected chi connectivity index (χ3v) is 3.34. The number of benzene rings is 1. The zero-order valence-corrected chi connectivity index (χ0v) is 13.1. The molecule has 0 amide bonds. The number of ether oxygens (including phenoxy) is 2. The Balaban J connectivity index is 2.88. The van der Waals surface area contributed by atoms with Gasteiger partial charge in [-0.1, -0.05) is 24.3 Å². The van der Waals surface area contributed by atoms with Crippen LogP contribution in [-0.4, -0.2) is 43.6 Å². The van der Waals surface area contributed by atoms with Gasteiger partial charge in [0.15, 0.2) is 0 Å². The van der Waals surface area contributed by atoms with Gasteiger partial charge in [0.25, 0.3) is 0 Å². The Morgan fingerprint density at radius 1 is 1.05 bits per heavy atom. The standard InChI is InChI=1S/C16H23NO4/c1-12(2)17(11-16(19)21-4)10-14-8-6-5-7-13(14)9-15(18)20-3/h5-8,12H,9-11H2,1-4H3. The lowest BCUT2D eigenvalue weighted by Gasteiger charge is -2.26. The second kappa shape index (κ2) is 8.42. The van der Waals surface area contributed by atoms with E-state index in [0.717, 1.165) is 11.1 Å². The molecule has 0 N–H and O–H groups in total. The Hall–Kier alpha value is -1.88. The lowest BCUT2D eigenvalue weighted by molar-refractivity contribution is -0.143. The van der Waals surface area contributed by atoms with Gasteiger partial charge in [0.05, 0.1) is 27.2 Å². The molecule has 0 aliphatic heterocycles. The van der Waals surface area contributed by atoms with E-state index in [4.69, 9.17) is 9.47 Å². The average Bonchev–Trinajstić information content (AvgIpc) is 2.47. The first-order valence-electron chi connectivity index (χ1n) is 6.92. The van der Waals surface area contributed by atoms with Crippen LogP contribution in [0.1, 0.15) is 25.0 Å². The van der Waals surface area contributed by atoms with E-state index in [1.165, 1.54) is 14.2 Å². The van der Waals surface area contributed by atoms with Crippen molar-refractivity contribution >= 4 is 11.9 Å². The van der Waals surface area contributed by atoms with Crippen molar-refractivity contribution < 1.29 is 19.1 Å². The zero-order chi connectivity index (χ0) is 15.8. The van der Waals surface area contributed by atoms with Crippen LogP contribution in [0.3, 0.4) is 0 Å². The second-order valence-corrected chi connectivity index (χ2v) is 5.10. The molecule has 0 radical (unpaired) electrons. The molecule has 116 valence electrons. The number of hydrogen-bond acceptors (Lipinski definition) is 5. The van der Waals surface area contributed by atoms with Gasteiger partial charge in [0.1, 0.15) is 0 Å². The minimum absolute atomic E-state index is 0.190. The van der Waals surface area contributed by atoms with E-state index >= 15 is 0 Å². The fourth-order valence-electron chi connectivity index (χ4n) is 1.98. The molecule has 0 aromatic heterocycles. The Labute approximate surface area is 125 Å². The average molecular weight is 293 g/mol. The minimum Gasteiger partial charge on any atom is -0.469 e. The van der Waals surface area contributed by atoms with Crippen LogP contribution >= 0.6 is 0 Å². The zero-order valence-electron chi connectivity index (χ0n) is 13.1. The quantitative estimate of drug-likeness (QED) is 0.717. The first kappa shape index (κ1) is 17.2. The summed E-state index contributed by atoms with van der Waals surface area (Å²) in [4.78, 5) is 25.0. The third kappa shape index (κ3) is 5.55. The molecule has 0 spiro atoms. The number of methoxy groups -OCH3 is 2. The molecule has 0 unspecified atom stereocenters. The molecule has 0 aliphatic rings. The lowest BCUT2D eigenvalue weighted by Crippen LogP contribution is -2.36. The van der Waals surface area contributed by atoms with E-state index in [-0.39, 0.29) is 30.9 Å². The molecule has 1 aromatic carbocycles. The van der Waals surface area contributed by atoms with Crippen LogP contribution in [0.4, 0.5) is 0 Å². The van der Waals surface area contributed by atoms with Gasteiger partial charge in [-0.25, -0.2) is 0 Å². The maximum atomic E-state index is 11.5. The maximum absolute atomic E-state index is 11.5. The van der Waals surface area contributed by atoms with Gasteiger partial charge < -0.3 is 9.47 Å². The summed E-state index contributed by atoms with van der Waals surface area (Å²) in [5.74, 6) is -0.541. The van der Waals surface area contributed by atoms with Crippen LogP contribution in [0.25, 0.3) is 0 Å². The number of nitrogens with zero attached hydrogens (tertiary/aromatic N) is 1. The largest absolute Gasteiger partial charge is 0.469 e. The first-order valence-corrected chi connectivity index (χ1v) is 6.92. The van der Waals surface area contributed by atoms with Crippen LogP contribution in [0.2, 0.25) is 0 Å². The Morgan fingerprint density at radius 2 is 1.62 bits per heavy atom. The van der Waals surface area contributed by atoms with Crippen molar-refractivity contribution in [1.29, 1.82) is 0 Å². The van der Waals surface area contributed by atoms with Crippen molar-refractivity contribution in [2.24, 2.45) is 0 Å². The topological polar surface area (TPSA) is 55.8 Å². The number of carbonyl (C=O) groups is 2. The van der Waals surface area contributed by atoms with Gasteiger partial charge in [-0.05, 0) is 25.0 Å². The number of hydrogen-bond donors (Lipinski definition) is 0. The molecule has 0 saturated heterocycles. The first-order chi connectivity index (χ1) is 9.97. The van der Waals surface area contributed by atoms with Crippen LogP contribution in [0.15, 0.2) is 24.3 Å². The van der Waals surface area contributed by atoms with Crippen molar-refractivity contribution in [3.05, 3.63) is 35.4 Å². The molecule has 0 atom stereocenters. The van der Waals surface area contributed by atoms with Crippen LogP contribution in [0.5, 0.6) is 0 Å². The summed E-state index contributed by atoms with van der Waals surface area (Å²) < 4.78 is 9.44. The molecule has 0 aliphatic carbocycles. The van der Waals surface area contributed by atoms with Crippen molar-refractivity contribution in [2.75, 3.05) is 20.8 Å². The van der Waals surface area contributed by atoms with E-state index in [1.54, 1.807) is 0 Å². The van der Waals surface area contributed by atoms with Gasteiger partial charge in [0, 0.05) is 12.6 Å². The van der Waals surface area contributed by atoms with Crippen molar-refractivity contribution in [3.63, 3.8) is 0 Å². The normalized spacial score (nSPS) is 10.8. The Bertz CT molecular complexity index is 485. The van der Waals surface area contributed by atoms with E-state index in [2.05, 4.69) is 0 Å². The Morgan fingerprint density at radius 3 is 2.14 bits per heavy atom. The summed E-state index contributed by atoms with van der Waals surface area (Å²) in [6.45, 7) is 4.85.